The molecule has 0 fully saturated rings. The lowest BCUT2D eigenvalue weighted by molar-refractivity contribution is 0.0690. The predicted octanol–water partition coefficient (Wildman–Crippen LogP) is 2.71. The van der Waals surface area contributed by atoms with Crippen molar-refractivity contribution in [2.24, 2.45) is 0 Å². The Balaban J connectivity index is 2.04. The topological polar surface area (TPSA) is 62.2 Å². The average molecular weight is 278 g/mol. The van der Waals surface area contributed by atoms with Gasteiger partial charge in [0.25, 0.3) is 0 Å². The van der Waals surface area contributed by atoms with E-state index in [-0.39, 0.29) is 5.69 Å². The lowest BCUT2D eigenvalue weighted by Gasteiger charge is -2.09. The highest BCUT2D eigenvalue weighted by atomic mass is 19.2. The maximum atomic E-state index is 13.6. The number of nitrogens with zero attached hydrogens (tertiary/aromatic N) is 1. The number of carboxylic acids is 1. The van der Waals surface area contributed by atoms with Gasteiger partial charge in [0.05, 0.1) is 11.3 Å². The maximum Gasteiger partial charge on any atom is 0.338 e. The molecule has 6 heteroatoms. The van der Waals surface area contributed by atoms with E-state index in [1.165, 1.54) is 6.07 Å². The number of carboxylic acid groups (broad SMARTS) is 1. The smallest absolute Gasteiger partial charge is 0.338 e. The molecule has 4 nitrogen and oxygen atoms in total. The first-order valence-electron chi connectivity index (χ1n) is 5.94. The van der Waals surface area contributed by atoms with E-state index in [0.29, 0.717) is 13.0 Å². The minimum absolute atomic E-state index is 0.0663. The molecule has 2 N–H and O–H groups in total. The fourth-order valence-electron chi connectivity index (χ4n) is 1.72. The number of anilines is 1. The fraction of sp³-hybridized carbons (Fsp3) is 0.143. The number of halogens is 2. The van der Waals surface area contributed by atoms with Gasteiger partial charge in [-0.25, -0.2) is 13.6 Å². The number of pyridine rings is 1. The van der Waals surface area contributed by atoms with Crippen molar-refractivity contribution in [1.82, 2.24) is 4.98 Å². The Morgan fingerprint density at radius 1 is 1.20 bits per heavy atom. The van der Waals surface area contributed by atoms with E-state index < -0.39 is 23.2 Å². The summed E-state index contributed by atoms with van der Waals surface area (Å²) in [5.41, 5.74) is 0.0734. The lowest BCUT2D eigenvalue weighted by Crippen LogP contribution is -2.10. The van der Waals surface area contributed by atoms with Crippen LogP contribution in [0, 0.1) is 11.6 Å². The maximum absolute atomic E-state index is 13.6. The van der Waals surface area contributed by atoms with Gasteiger partial charge in [-0.2, -0.15) is 0 Å². The zero-order valence-electron chi connectivity index (χ0n) is 10.4. The second-order valence-corrected chi connectivity index (χ2v) is 4.09. The SMILES string of the molecule is O=C(O)c1ccc(NCCc2ccccn2)c(F)c1F. The summed E-state index contributed by atoms with van der Waals surface area (Å²) in [5.74, 6) is -4.05. The Morgan fingerprint density at radius 2 is 2.00 bits per heavy atom. The molecule has 0 amide bonds. The van der Waals surface area contributed by atoms with Crippen molar-refractivity contribution in [2.75, 3.05) is 11.9 Å². The van der Waals surface area contributed by atoms with E-state index in [2.05, 4.69) is 10.3 Å². The highest BCUT2D eigenvalue weighted by Crippen LogP contribution is 2.20. The second-order valence-electron chi connectivity index (χ2n) is 4.09. The fourth-order valence-corrected chi connectivity index (χ4v) is 1.72. The highest BCUT2D eigenvalue weighted by molar-refractivity contribution is 5.88. The number of carbonyl (C=O) groups is 1. The van der Waals surface area contributed by atoms with Gasteiger partial charge in [0.1, 0.15) is 0 Å². The predicted molar refractivity (Wildman–Crippen MR) is 69.7 cm³/mol. The molecule has 20 heavy (non-hydrogen) atoms. The van der Waals surface area contributed by atoms with E-state index in [4.69, 9.17) is 5.11 Å². The van der Waals surface area contributed by atoms with Gasteiger partial charge >= 0.3 is 5.97 Å². The van der Waals surface area contributed by atoms with Crippen LogP contribution in [-0.4, -0.2) is 22.6 Å². The molecule has 0 radical (unpaired) electrons. The summed E-state index contributed by atoms with van der Waals surface area (Å²) >= 11 is 0. The molecule has 0 saturated heterocycles. The minimum Gasteiger partial charge on any atom is -0.478 e. The van der Waals surface area contributed by atoms with Crippen LogP contribution in [0.25, 0.3) is 0 Å². The molecule has 0 aliphatic carbocycles. The van der Waals surface area contributed by atoms with E-state index in [9.17, 15) is 13.6 Å². The van der Waals surface area contributed by atoms with Crippen LogP contribution in [0.3, 0.4) is 0 Å². The summed E-state index contributed by atoms with van der Waals surface area (Å²) in [6.45, 7) is 0.361. The van der Waals surface area contributed by atoms with E-state index in [0.717, 1.165) is 11.8 Å². The molecule has 2 aromatic rings. The summed E-state index contributed by atoms with van der Waals surface area (Å²) < 4.78 is 27.1. The van der Waals surface area contributed by atoms with Crippen molar-refractivity contribution < 1.29 is 18.7 Å². The molecular formula is C14H12F2N2O2. The molecule has 104 valence electrons. The molecule has 1 heterocycles. The summed E-state index contributed by atoms with van der Waals surface area (Å²) in [7, 11) is 0. The molecule has 1 aromatic heterocycles. The van der Waals surface area contributed by atoms with Crippen LogP contribution in [0.15, 0.2) is 36.5 Å². The summed E-state index contributed by atoms with van der Waals surface area (Å²) in [6, 6.07) is 7.69. The van der Waals surface area contributed by atoms with Crippen molar-refractivity contribution in [2.45, 2.75) is 6.42 Å². The molecular weight excluding hydrogens is 266 g/mol. The minimum atomic E-state index is -1.50. The molecule has 1 aromatic carbocycles. The van der Waals surface area contributed by atoms with Gasteiger partial charge in [0.15, 0.2) is 11.6 Å². The Hall–Kier alpha value is -2.50. The summed E-state index contributed by atoms with van der Waals surface area (Å²) in [6.07, 6.45) is 2.19. The van der Waals surface area contributed by atoms with Crippen LogP contribution >= 0.6 is 0 Å². The van der Waals surface area contributed by atoms with E-state index in [1.54, 1.807) is 12.3 Å². The Bertz CT molecular complexity index is 618. The van der Waals surface area contributed by atoms with Crippen LogP contribution in [0.1, 0.15) is 16.1 Å². The van der Waals surface area contributed by atoms with Crippen molar-refractivity contribution in [3.63, 3.8) is 0 Å². The van der Waals surface area contributed by atoms with Gasteiger partial charge in [-0.15, -0.1) is 0 Å². The van der Waals surface area contributed by atoms with Crippen LogP contribution in [-0.2, 0) is 6.42 Å². The summed E-state index contributed by atoms with van der Waals surface area (Å²) in [4.78, 5) is 14.8. The number of hydrogen-bond acceptors (Lipinski definition) is 3. The molecule has 2 rings (SSSR count). The third kappa shape index (κ3) is 3.09. The van der Waals surface area contributed by atoms with Crippen LogP contribution < -0.4 is 5.32 Å². The highest BCUT2D eigenvalue weighted by Gasteiger charge is 2.17. The Labute approximate surface area is 114 Å². The van der Waals surface area contributed by atoms with Crippen molar-refractivity contribution in [1.29, 1.82) is 0 Å². The Morgan fingerprint density at radius 3 is 2.65 bits per heavy atom. The monoisotopic (exact) mass is 278 g/mol. The molecule has 0 atom stereocenters. The Kier molecular flexibility index (Phi) is 4.24. The first-order chi connectivity index (χ1) is 9.59. The third-order valence-corrected chi connectivity index (χ3v) is 2.74. The molecule has 0 bridgehead atoms. The summed E-state index contributed by atoms with van der Waals surface area (Å²) in [5, 5.41) is 11.4. The molecule has 0 spiro atoms. The zero-order chi connectivity index (χ0) is 14.5. The zero-order valence-corrected chi connectivity index (χ0v) is 10.4. The van der Waals surface area contributed by atoms with Crippen LogP contribution in [0.2, 0.25) is 0 Å². The lowest BCUT2D eigenvalue weighted by atomic mass is 10.1. The van der Waals surface area contributed by atoms with Gasteiger partial charge in [-0.1, -0.05) is 6.07 Å². The largest absolute Gasteiger partial charge is 0.478 e. The first-order valence-corrected chi connectivity index (χ1v) is 5.94. The van der Waals surface area contributed by atoms with Gasteiger partial charge in [-0.05, 0) is 24.3 Å². The first kappa shape index (κ1) is 13.9. The number of nitrogens with one attached hydrogen (secondary N) is 1. The van der Waals surface area contributed by atoms with Gasteiger partial charge in [-0.3, -0.25) is 4.98 Å². The van der Waals surface area contributed by atoms with Crippen LogP contribution in [0.4, 0.5) is 14.5 Å². The molecule has 0 saturated carbocycles. The van der Waals surface area contributed by atoms with E-state index >= 15 is 0 Å². The third-order valence-electron chi connectivity index (χ3n) is 2.74. The molecule has 0 unspecified atom stereocenters. The van der Waals surface area contributed by atoms with Crippen molar-refractivity contribution >= 4 is 11.7 Å². The van der Waals surface area contributed by atoms with Crippen molar-refractivity contribution in [3.8, 4) is 0 Å². The normalized spacial score (nSPS) is 10.3. The molecule has 0 aliphatic rings. The van der Waals surface area contributed by atoms with Gasteiger partial charge in [0, 0.05) is 24.9 Å². The van der Waals surface area contributed by atoms with Crippen molar-refractivity contribution in [3.05, 3.63) is 59.4 Å². The quantitative estimate of drug-likeness (QED) is 0.882. The number of rotatable bonds is 5. The number of aromatic carboxylic acids is 1. The van der Waals surface area contributed by atoms with E-state index in [1.807, 2.05) is 12.1 Å². The van der Waals surface area contributed by atoms with Crippen LogP contribution in [0.5, 0.6) is 0 Å². The average Bonchev–Trinajstić information content (AvgIpc) is 2.44. The molecule has 0 aliphatic heterocycles. The second kappa shape index (κ2) is 6.10. The number of hydrogen-bond donors (Lipinski definition) is 2. The number of aromatic nitrogens is 1. The standard InChI is InChI=1S/C14H12F2N2O2/c15-12-10(14(19)20)4-5-11(13(12)16)18-8-6-9-3-1-2-7-17-9/h1-5,7,18H,6,8H2,(H,19,20). The van der Waals surface area contributed by atoms with Gasteiger partial charge < -0.3 is 10.4 Å². The number of benzene rings is 1. The van der Waals surface area contributed by atoms with Gasteiger partial charge in [0.2, 0.25) is 0 Å².